The summed E-state index contributed by atoms with van der Waals surface area (Å²) in [5, 5.41) is 8.01. The van der Waals surface area contributed by atoms with Crippen molar-refractivity contribution < 1.29 is 19.4 Å². The van der Waals surface area contributed by atoms with E-state index >= 15 is 0 Å². The summed E-state index contributed by atoms with van der Waals surface area (Å²) in [4.78, 5) is 8.87. The van der Waals surface area contributed by atoms with Gasteiger partial charge in [-0.3, -0.25) is 4.57 Å². The van der Waals surface area contributed by atoms with Gasteiger partial charge in [0.05, 0.1) is 5.66 Å². The van der Waals surface area contributed by atoms with Crippen LogP contribution >= 0.6 is 7.60 Å². The maximum absolute atomic E-state index is 10.8. The van der Waals surface area contributed by atoms with E-state index in [0.717, 1.165) is 0 Å². The van der Waals surface area contributed by atoms with E-state index < -0.39 is 13.3 Å². The predicted molar refractivity (Wildman–Crippen MR) is 37.9 cm³/mol. The molecule has 0 aromatic rings. The third-order valence-corrected chi connectivity index (χ3v) is 3.41. The van der Waals surface area contributed by atoms with Gasteiger partial charge in [-0.05, 0) is 12.8 Å². The molecule has 1 atom stereocenters. The second kappa shape index (κ2) is 4.09. The van der Waals surface area contributed by atoms with E-state index in [2.05, 4.69) is 4.67 Å². The van der Waals surface area contributed by atoms with Crippen molar-refractivity contribution in [3.63, 3.8) is 0 Å². The molecule has 4 nitrogen and oxygen atoms in total. The molecule has 0 aliphatic rings. The van der Waals surface area contributed by atoms with Gasteiger partial charge in [0, 0.05) is 0 Å². The van der Waals surface area contributed by atoms with Crippen LogP contribution in [0.1, 0.15) is 26.7 Å². The van der Waals surface area contributed by atoms with Crippen molar-refractivity contribution in [1.29, 1.82) is 0 Å². The summed E-state index contributed by atoms with van der Waals surface area (Å²) in [7, 11) is -3.73. The van der Waals surface area contributed by atoms with Crippen molar-refractivity contribution >= 4 is 7.60 Å². The molecule has 5 heteroatoms. The van der Waals surface area contributed by atoms with Crippen LogP contribution in [0, 0.1) is 0 Å². The van der Waals surface area contributed by atoms with Crippen molar-refractivity contribution in [2.75, 3.05) is 0 Å². The minimum absolute atomic E-state index is 0.447. The third kappa shape index (κ3) is 2.39. The Labute approximate surface area is 60.3 Å². The second-order valence-electron chi connectivity index (χ2n) is 2.12. The third-order valence-electron chi connectivity index (χ3n) is 1.52. The molecule has 0 saturated heterocycles. The lowest BCUT2D eigenvalue weighted by atomic mass is 10.3. The predicted octanol–water partition coefficient (Wildman–Crippen LogP) is 1.85. The Kier molecular flexibility index (Phi) is 4.13. The molecule has 0 saturated carbocycles. The van der Waals surface area contributed by atoms with E-state index in [1.54, 1.807) is 13.8 Å². The first kappa shape index (κ1) is 10.1. The molecule has 0 spiro atoms. The Morgan fingerprint density at radius 1 is 1.50 bits per heavy atom. The number of hydrogen-bond donors (Lipinski definition) is 2. The molecule has 0 bridgehead atoms. The first-order chi connectivity index (χ1) is 4.58. The van der Waals surface area contributed by atoms with Gasteiger partial charge in [0.1, 0.15) is 0 Å². The average Bonchev–Trinajstić information content (AvgIpc) is 1.90. The molecule has 0 aliphatic carbocycles. The molecule has 0 rings (SSSR count). The quantitative estimate of drug-likeness (QED) is 0.382. The largest absolute Gasteiger partial charge is 0.358 e. The van der Waals surface area contributed by atoms with Crippen LogP contribution in [0.3, 0.4) is 0 Å². The normalized spacial score (nSPS) is 17.3. The van der Waals surface area contributed by atoms with Crippen LogP contribution in [-0.4, -0.2) is 15.8 Å². The minimum atomic E-state index is -3.73. The van der Waals surface area contributed by atoms with Gasteiger partial charge < -0.3 is 4.89 Å². The van der Waals surface area contributed by atoms with Gasteiger partial charge in [-0.1, -0.05) is 13.8 Å². The van der Waals surface area contributed by atoms with E-state index in [1.807, 2.05) is 0 Å². The molecule has 0 heterocycles. The molecule has 0 fully saturated rings. The van der Waals surface area contributed by atoms with Gasteiger partial charge in [0.25, 0.3) is 0 Å². The summed E-state index contributed by atoms with van der Waals surface area (Å²) >= 11 is 0. The lowest BCUT2D eigenvalue weighted by Gasteiger charge is -2.15. The highest BCUT2D eigenvalue weighted by Crippen LogP contribution is 2.49. The summed E-state index contributed by atoms with van der Waals surface area (Å²) in [5.74, 6) is 0. The first-order valence-electron chi connectivity index (χ1n) is 3.24. The van der Waals surface area contributed by atoms with Gasteiger partial charge in [0.15, 0.2) is 0 Å². The van der Waals surface area contributed by atoms with Crippen molar-refractivity contribution in [2.24, 2.45) is 0 Å². The Bertz CT molecular complexity index is 132. The minimum Gasteiger partial charge on any atom is -0.323 e. The van der Waals surface area contributed by atoms with Crippen molar-refractivity contribution in [1.82, 2.24) is 0 Å². The van der Waals surface area contributed by atoms with Gasteiger partial charge in [-0.25, -0.2) is 5.26 Å². The van der Waals surface area contributed by atoms with Gasteiger partial charge in [0.2, 0.25) is 0 Å². The van der Waals surface area contributed by atoms with Crippen LogP contribution in [0.25, 0.3) is 0 Å². The zero-order chi connectivity index (χ0) is 8.20. The monoisotopic (exact) mass is 168 g/mol. The molecule has 0 radical (unpaired) electrons. The smallest absolute Gasteiger partial charge is 0.323 e. The number of hydrogen-bond acceptors (Lipinski definition) is 3. The lowest BCUT2D eigenvalue weighted by Crippen LogP contribution is -2.06. The van der Waals surface area contributed by atoms with E-state index in [1.165, 1.54) is 0 Å². The van der Waals surface area contributed by atoms with Gasteiger partial charge >= 0.3 is 7.60 Å². The Morgan fingerprint density at radius 2 is 1.90 bits per heavy atom. The average molecular weight is 168 g/mol. The van der Waals surface area contributed by atoms with Crippen LogP contribution in [0.5, 0.6) is 0 Å². The maximum Gasteiger partial charge on any atom is 0.358 e. The maximum atomic E-state index is 10.8. The van der Waals surface area contributed by atoms with Crippen molar-refractivity contribution in [2.45, 2.75) is 32.3 Å². The van der Waals surface area contributed by atoms with Crippen LogP contribution in [0.4, 0.5) is 0 Å². The molecule has 0 aromatic heterocycles. The highest BCUT2D eigenvalue weighted by atomic mass is 31.2. The molecular weight excluding hydrogens is 155 g/mol. The fraction of sp³-hybridized carbons (Fsp3) is 1.00. The fourth-order valence-electron chi connectivity index (χ4n) is 0.817. The van der Waals surface area contributed by atoms with Crippen LogP contribution in [-0.2, 0) is 9.24 Å². The molecule has 10 heavy (non-hydrogen) atoms. The molecule has 1 unspecified atom stereocenters. The summed E-state index contributed by atoms with van der Waals surface area (Å²) in [6.07, 6.45) is 1.07. The molecule has 2 N–H and O–H groups in total. The summed E-state index contributed by atoms with van der Waals surface area (Å²) < 4.78 is 14.3. The van der Waals surface area contributed by atoms with Crippen LogP contribution < -0.4 is 0 Å². The SMILES string of the molecule is CCC(CC)P(=O)(O)OO. The Hall–Kier alpha value is 0.110. The Morgan fingerprint density at radius 3 is 2.00 bits per heavy atom. The highest BCUT2D eigenvalue weighted by Gasteiger charge is 2.29. The summed E-state index contributed by atoms with van der Waals surface area (Å²) in [6.45, 7) is 3.55. The van der Waals surface area contributed by atoms with Crippen LogP contribution in [0.2, 0.25) is 0 Å². The van der Waals surface area contributed by atoms with Gasteiger partial charge in [-0.15, -0.1) is 0 Å². The molecule has 0 amide bonds. The van der Waals surface area contributed by atoms with Crippen LogP contribution in [0.15, 0.2) is 0 Å². The topological polar surface area (TPSA) is 66.8 Å². The van der Waals surface area contributed by atoms with Gasteiger partial charge in [-0.2, -0.15) is 4.67 Å². The highest BCUT2D eigenvalue weighted by molar-refractivity contribution is 7.53. The van der Waals surface area contributed by atoms with Crippen molar-refractivity contribution in [3.05, 3.63) is 0 Å². The number of rotatable bonds is 4. The van der Waals surface area contributed by atoms with E-state index in [9.17, 15) is 4.57 Å². The molecule has 0 aromatic carbocycles. The first-order valence-corrected chi connectivity index (χ1v) is 4.88. The lowest BCUT2D eigenvalue weighted by molar-refractivity contribution is -0.147. The molecule has 62 valence electrons. The van der Waals surface area contributed by atoms with E-state index in [4.69, 9.17) is 10.2 Å². The van der Waals surface area contributed by atoms with E-state index in [-0.39, 0.29) is 0 Å². The summed E-state index contributed by atoms with van der Waals surface area (Å²) in [6, 6.07) is 0. The molecule has 0 aliphatic heterocycles. The van der Waals surface area contributed by atoms with Crippen molar-refractivity contribution in [3.8, 4) is 0 Å². The second-order valence-corrected chi connectivity index (χ2v) is 4.14. The molecular formula is C5H13O4P. The standard InChI is InChI=1S/C5H13O4P/c1-3-5(4-2)10(7,8)9-6/h5-6H,3-4H2,1-2H3,(H,7,8). The zero-order valence-corrected chi connectivity index (χ0v) is 7.04. The summed E-state index contributed by atoms with van der Waals surface area (Å²) in [5.41, 5.74) is -0.447. The van der Waals surface area contributed by atoms with E-state index in [0.29, 0.717) is 12.8 Å². The Balaban J connectivity index is 4.12. The zero-order valence-electron chi connectivity index (χ0n) is 6.15. The fourth-order valence-corrected chi connectivity index (χ4v) is 1.87.